The first-order valence-corrected chi connectivity index (χ1v) is 7.87. The Morgan fingerprint density at radius 3 is 2.14 bits per heavy atom. The van der Waals surface area contributed by atoms with E-state index in [-0.39, 0.29) is 5.41 Å². The molecule has 22 heavy (non-hydrogen) atoms. The van der Waals surface area contributed by atoms with Crippen molar-refractivity contribution in [3.05, 3.63) is 60.2 Å². The van der Waals surface area contributed by atoms with E-state index in [9.17, 15) is 0 Å². The van der Waals surface area contributed by atoms with Crippen LogP contribution in [0.15, 0.2) is 54.6 Å². The maximum absolute atomic E-state index is 2.36. The zero-order valence-electron chi connectivity index (χ0n) is 13.6. The molecule has 0 N–H and O–H groups in total. The summed E-state index contributed by atoms with van der Waals surface area (Å²) in [5, 5.41) is 5.32. The summed E-state index contributed by atoms with van der Waals surface area (Å²) >= 11 is 0. The van der Waals surface area contributed by atoms with Crippen molar-refractivity contribution in [2.45, 2.75) is 26.2 Å². The van der Waals surface area contributed by atoms with E-state index in [1.54, 1.807) is 0 Å². The Kier molecular flexibility index (Phi) is 2.65. The van der Waals surface area contributed by atoms with Crippen LogP contribution in [0.25, 0.3) is 32.6 Å². The molecule has 0 unspecified atom stereocenters. The highest BCUT2D eigenvalue weighted by molar-refractivity contribution is 6.13. The molecule has 4 aromatic rings. The first kappa shape index (κ1) is 13.4. The molecule has 0 bridgehead atoms. The van der Waals surface area contributed by atoms with Gasteiger partial charge in [0.05, 0.1) is 5.52 Å². The van der Waals surface area contributed by atoms with Gasteiger partial charge in [-0.1, -0.05) is 63.2 Å². The van der Waals surface area contributed by atoms with Crippen LogP contribution in [0.4, 0.5) is 0 Å². The number of aromatic nitrogens is 1. The van der Waals surface area contributed by atoms with Crippen LogP contribution in [0.5, 0.6) is 0 Å². The minimum absolute atomic E-state index is 0.140. The smallest absolute Gasteiger partial charge is 0.0526 e. The molecular weight excluding hydrogens is 266 g/mol. The molecule has 0 aliphatic carbocycles. The second-order valence-corrected chi connectivity index (χ2v) is 7.23. The first-order chi connectivity index (χ1) is 10.5. The van der Waals surface area contributed by atoms with Crippen LogP contribution in [-0.2, 0) is 12.5 Å². The second kappa shape index (κ2) is 4.36. The van der Waals surface area contributed by atoms with Gasteiger partial charge in [0.15, 0.2) is 0 Å². The van der Waals surface area contributed by atoms with Crippen LogP contribution in [0.1, 0.15) is 26.3 Å². The molecule has 0 amide bonds. The van der Waals surface area contributed by atoms with Crippen molar-refractivity contribution in [2.24, 2.45) is 7.05 Å². The number of aryl methyl sites for hydroxylation is 1. The highest BCUT2D eigenvalue weighted by Gasteiger charge is 2.20. The fourth-order valence-corrected chi connectivity index (χ4v) is 3.57. The Bertz CT molecular complexity index is 1010. The summed E-state index contributed by atoms with van der Waals surface area (Å²) in [5.74, 6) is 0. The van der Waals surface area contributed by atoms with Crippen molar-refractivity contribution in [1.29, 1.82) is 0 Å². The fraction of sp³-hybridized carbons (Fsp3) is 0.238. The average molecular weight is 287 g/mol. The quantitative estimate of drug-likeness (QED) is 0.386. The van der Waals surface area contributed by atoms with Crippen molar-refractivity contribution in [1.82, 2.24) is 4.57 Å². The number of benzene rings is 3. The molecule has 4 rings (SSSR count). The van der Waals surface area contributed by atoms with E-state index in [0.717, 1.165) is 0 Å². The molecule has 3 aromatic carbocycles. The average Bonchev–Trinajstić information content (AvgIpc) is 2.77. The molecule has 0 radical (unpaired) electrons. The molecular formula is C21H21N. The number of para-hydroxylation sites is 1. The van der Waals surface area contributed by atoms with Gasteiger partial charge >= 0.3 is 0 Å². The summed E-state index contributed by atoms with van der Waals surface area (Å²) in [6.45, 7) is 6.86. The molecule has 0 fully saturated rings. The van der Waals surface area contributed by atoms with Gasteiger partial charge in [-0.2, -0.15) is 0 Å². The number of rotatable bonds is 0. The molecule has 0 atom stereocenters. The van der Waals surface area contributed by atoms with Crippen LogP contribution in [0.2, 0.25) is 0 Å². The third-order valence-corrected chi connectivity index (χ3v) is 4.69. The van der Waals surface area contributed by atoms with Crippen molar-refractivity contribution in [3.63, 3.8) is 0 Å². The van der Waals surface area contributed by atoms with Gasteiger partial charge in [-0.05, 0) is 33.9 Å². The van der Waals surface area contributed by atoms with Gasteiger partial charge < -0.3 is 4.57 Å². The summed E-state index contributed by atoms with van der Waals surface area (Å²) < 4.78 is 2.36. The van der Waals surface area contributed by atoms with Gasteiger partial charge in [-0.25, -0.2) is 0 Å². The highest BCUT2D eigenvalue weighted by Crippen LogP contribution is 2.37. The molecule has 0 spiro atoms. The van der Waals surface area contributed by atoms with Gasteiger partial charge in [-0.15, -0.1) is 0 Å². The number of nitrogens with zero attached hydrogens (tertiary/aromatic N) is 1. The fourth-order valence-electron chi connectivity index (χ4n) is 3.57. The lowest BCUT2D eigenvalue weighted by Gasteiger charge is -2.21. The first-order valence-electron chi connectivity index (χ1n) is 7.87. The zero-order chi connectivity index (χ0) is 15.5. The van der Waals surface area contributed by atoms with Gasteiger partial charge in [-0.3, -0.25) is 0 Å². The maximum Gasteiger partial charge on any atom is 0.0526 e. The summed E-state index contributed by atoms with van der Waals surface area (Å²) in [4.78, 5) is 0. The number of hydrogen-bond acceptors (Lipinski definition) is 0. The summed E-state index contributed by atoms with van der Waals surface area (Å²) in [6.07, 6.45) is 0. The molecule has 0 saturated heterocycles. The Morgan fingerprint density at radius 1 is 0.773 bits per heavy atom. The van der Waals surface area contributed by atoms with E-state index in [1.165, 1.54) is 38.1 Å². The standard InChI is InChI=1S/C21H21N/c1-21(2,3)18-11-7-10-16-17-12-14-8-5-6-9-15(14)13-19(17)22(4)20(16)18/h5-13H,1-4H3. The predicted octanol–water partition coefficient (Wildman–Crippen LogP) is 5.78. The molecule has 0 aliphatic heterocycles. The molecule has 0 saturated carbocycles. The van der Waals surface area contributed by atoms with Crippen LogP contribution in [0.3, 0.4) is 0 Å². The number of hydrogen-bond donors (Lipinski definition) is 0. The molecule has 1 heteroatoms. The number of fused-ring (bicyclic) bond motifs is 4. The van der Waals surface area contributed by atoms with E-state index in [4.69, 9.17) is 0 Å². The van der Waals surface area contributed by atoms with E-state index in [2.05, 4.69) is 87.0 Å². The molecule has 0 aliphatic rings. The minimum atomic E-state index is 0.140. The third kappa shape index (κ3) is 1.78. The normalized spacial score (nSPS) is 12.5. The lowest BCUT2D eigenvalue weighted by atomic mass is 9.85. The van der Waals surface area contributed by atoms with Gasteiger partial charge in [0, 0.05) is 23.3 Å². The lowest BCUT2D eigenvalue weighted by Crippen LogP contribution is -2.12. The van der Waals surface area contributed by atoms with Gasteiger partial charge in [0.2, 0.25) is 0 Å². The monoisotopic (exact) mass is 287 g/mol. The Hall–Kier alpha value is -2.28. The van der Waals surface area contributed by atoms with Gasteiger partial charge in [0.25, 0.3) is 0 Å². The van der Waals surface area contributed by atoms with Gasteiger partial charge in [0.1, 0.15) is 0 Å². The summed E-state index contributed by atoms with van der Waals surface area (Å²) in [7, 11) is 2.19. The third-order valence-electron chi connectivity index (χ3n) is 4.69. The predicted molar refractivity (Wildman–Crippen MR) is 96.6 cm³/mol. The van der Waals surface area contributed by atoms with Crippen LogP contribution >= 0.6 is 0 Å². The van der Waals surface area contributed by atoms with Crippen molar-refractivity contribution < 1.29 is 0 Å². The molecule has 110 valence electrons. The van der Waals surface area contributed by atoms with E-state index < -0.39 is 0 Å². The van der Waals surface area contributed by atoms with Crippen LogP contribution in [-0.4, -0.2) is 4.57 Å². The van der Waals surface area contributed by atoms with E-state index in [0.29, 0.717) is 0 Å². The molecule has 1 nitrogen and oxygen atoms in total. The molecule has 1 heterocycles. The Labute approximate surface area is 131 Å². The summed E-state index contributed by atoms with van der Waals surface area (Å²) in [5.41, 5.74) is 4.22. The van der Waals surface area contributed by atoms with Crippen molar-refractivity contribution in [3.8, 4) is 0 Å². The summed E-state index contributed by atoms with van der Waals surface area (Å²) in [6, 6.07) is 20.0. The zero-order valence-corrected chi connectivity index (χ0v) is 13.6. The maximum atomic E-state index is 2.36. The largest absolute Gasteiger partial charge is 0.343 e. The highest BCUT2D eigenvalue weighted by atomic mass is 14.9. The van der Waals surface area contributed by atoms with Crippen LogP contribution in [0, 0.1) is 0 Å². The minimum Gasteiger partial charge on any atom is -0.343 e. The Balaban J connectivity index is 2.24. The SMILES string of the molecule is Cn1c2cc3ccccc3cc2c2cccc(C(C)(C)C)c21. The topological polar surface area (TPSA) is 4.93 Å². The van der Waals surface area contributed by atoms with Crippen molar-refractivity contribution >= 4 is 32.6 Å². The second-order valence-electron chi connectivity index (χ2n) is 7.23. The molecule has 1 aromatic heterocycles. The van der Waals surface area contributed by atoms with Crippen LogP contribution < -0.4 is 0 Å². The van der Waals surface area contributed by atoms with E-state index in [1.807, 2.05) is 0 Å². The van der Waals surface area contributed by atoms with Crippen molar-refractivity contribution in [2.75, 3.05) is 0 Å². The van der Waals surface area contributed by atoms with E-state index >= 15 is 0 Å². The lowest BCUT2D eigenvalue weighted by molar-refractivity contribution is 0.593. The Morgan fingerprint density at radius 2 is 1.45 bits per heavy atom.